The van der Waals surface area contributed by atoms with Gasteiger partial charge in [-0.2, -0.15) is 4.31 Å². The maximum Gasteiger partial charge on any atom is 0.335 e. The van der Waals surface area contributed by atoms with Gasteiger partial charge in [0.05, 0.1) is 10.5 Å². The SMILES string of the molecule is CCC1CCCCN1S(=O)(=O)c1cccc(C(=O)O)c1. The van der Waals surface area contributed by atoms with Crippen LogP contribution in [0.4, 0.5) is 0 Å². The van der Waals surface area contributed by atoms with Gasteiger partial charge in [-0.05, 0) is 37.5 Å². The summed E-state index contributed by atoms with van der Waals surface area (Å²) in [6.45, 7) is 2.49. The summed E-state index contributed by atoms with van der Waals surface area (Å²) in [5.74, 6) is -1.12. The van der Waals surface area contributed by atoms with Crippen LogP contribution in [0.2, 0.25) is 0 Å². The van der Waals surface area contributed by atoms with Crippen LogP contribution in [0.15, 0.2) is 29.2 Å². The zero-order chi connectivity index (χ0) is 14.8. The Morgan fingerprint density at radius 1 is 1.40 bits per heavy atom. The van der Waals surface area contributed by atoms with Crippen molar-refractivity contribution >= 4 is 16.0 Å². The summed E-state index contributed by atoms with van der Waals surface area (Å²) in [7, 11) is -3.61. The Morgan fingerprint density at radius 3 is 2.80 bits per heavy atom. The Bertz CT molecular complexity index is 597. The molecule has 110 valence electrons. The van der Waals surface area contributed by atoms with Crippen molar-refractivity contribution in [3.8, 4) is 0 Å². The number of piperidine rings is 1. The molecule has 1 saturated heterocycles. The molecule has 1 fully saturated rings. The highest BCUT2D eigenvalue weighted by Gasteiger charge is 2.32. The largest absolute Gasteiger partial charge is 0.478 e. The molecule has 1 aliphatic heterocycles. The molecule has 0 aromatic heterocycles. The number of rotatable bonds is 4. The third kappa shape index (κ3) is 2.86. The number of aromatic carboxylic acids is 1. The van der Waals surface area contributed by atoms with Crippen LogP contribution in [0.3, 0.4) is 0 Å². The molecule has 0 spiro atoms. The van der Waals surface area contributed by atoms with Crippen molar-refractivity contribution in [2.45, 2.75) is 43.5 Å². The third-order valence-electron chi connectivity index (χ3n) is 3.73. The first-order chi connectivity index (χ1) is 9.46. The van der Waals surface area contributed by atoms with Gasteiger partial charge in [-0.15, -0.1) is 0 Å². The fraction of sp³-hybridized carbons (Fsp3) is 0.500. The Morgan fingerprint density at radius 2 is 2.15 bits per heavy atom. The number of hydrogen-bond donors (Lipinski definition) is 1. The van der Waals surface area contributed by atoms with Gasteiger partial charge in [-0.3, -0.25) is 0 Å². The van der Waals surface area contributed by atoms with Gasteiger partial charge in [-0.1, -0.05) is 19.4 Å². The van der Waals surface area contributed by atoms with E-state index in [-0.39, 0.29) is 16.5 Å². The van der Waals surface area contributed by atoms with E-state index >= 15 is 0 Å². The van der Waals surface area contributed by atoms with Crippen LogP contribution in [0, 0.1) is 0 Å². The quantitative estimate of drug-likeness (QED) is 0.925. The summed E-state index contributed by atoms with van der Waals surface area (Å²) in [5, 5.41) is 8.98. The van der Waals surface area contributed by atoms with Gasteiger partial charge in [0.25, 0.3) is 0 Å². The molecule has 6 heteroatoms. The Kier molecular flexibility index (Phi) is 4.45. The van der Waals surface area contributed by atoms with E-state index in [2.05, 4.69) is 0 Å². The van der Waals surface area contributed by atoms with Crippen molar-refractivity contribution in [3.05, 3.63) is 29.8 Å². The summed E-state index contributed by atoms with van der Waals surface area (Å²) in [4.78, 5) is 11.0. The van der Waals surface area contributed by atoms with Crippen LogP contribution in [-0.2, 0) is 10.0 Å². The van der Waals surface area contributed by atoms with Crippen molar-refractivity contribution < 1.29 is 18.3 Å². The van der Waals surface area contributed by atoms with E-state index in [0.29, 0.717) is 6.54 Å². The second-order valence-electron chi connectivity index (χ2n) is 5.01. The molecule has 0 radical (unpaired) electrons. The van der Waals surface area contributed by atoms with Crippen molar-refractivity contribution in [1.29, 1.82) is 0 Å². The summed E-state index contributed by atoms with van der Waals surface area (Å²) in [6, 6.07) is 5.58. The van der Waals surface area contributed by atoms with Crippen molar-refractivity contribution in [3.63, 3.8) is 0 Å². The van der Waals surface area contributed by atoms with Crippen LogP contribution in [0.5, 0.6) is 0 Å². The Hall–Kier alpha value is -1.40. The summed E-state index contributed by atoms with van der Waals surface area (Å²) < 4.78 is 26.9. The van der Waals surface area contributed by atoms with Crippen LogP contribution in [0.25, 0.3) is 0 Å². The lowest BCUT2D eigenvalue weighted by Crippen LogP contribution is -2.43. The maximum atomic E-state index is 12.7. The van der Waals surface area contributed by atoms with E-state index in [4.69, 9.17) is 5.11 Å². The van der Waals surface area contributed by atoms with Crippen molar-refractivity contribution in [1.82, 2.24) is 4.31 Å². The van der Waals surface area contributed by atoms with Gasteiger partial charge in [0.15, 0.2) is 0 Å². The number of carboxylic acid groups (broad SMARTS) is 1. The minimum Gasteiger partial charge on any atom is -0.478 e. The minimum absolute atomic E-state index is 0.00358. The van der Waals surface area contributed by atoms with E-state index in [1.54, 1.807) is 0 Å². The van der Waals surface area contributed by atoms with E-state index < -0.39 is 16.0 Å². The van der Waals surface area contributed by atoms with Gasteiger partial charge in [-0.25, -0.2) is 13.2 Å². The third-order valence-corrected chi connectivity index (χ3v) is 5.68. The minimum atomic E-state index is -3.61. The fourth-order valence-electron chi connectivity index (χ4n) is 2.62. The molecule has 0 aliphatic carbocycles. The molecule has 1 atom stereocenters. The standard InChI is InChI=1S/C14H19NO4S/c1-2-12-7-3-4-9-15(12)20(18,19)13-8-5-6-11(10-13)14(16)17/h5-6,8,10,12H,2-4,7,9H2,1H3,(H,16,17). The van der Waals surface area contributed by atoms with E-state index in [1.165, 1.54) is 28.6 Å². The first-order valence-corrected chi connectivity index (χ1v) is 8.26. The number of hydrogen-bond acceptors (Lipinski definition) is 3. The highest BCUT2D eigenvalue weighted by molar-refractivity contribution is 7.89. The maximum absolute atomic E-state index is 12.7. The first kappa shape index (κ1) is 15.0. The molecule has 1 aromatic rings. The molecule has 1 aliphatic rings. The second kappa shape index (κ2) is 5.93. The molecule has 20 heavy (non-hydrogen) atoms. The molecule has 1 aromatic carbocycles. The molecular weight excluding hydrogens is 278 g/mol. The van der Waals surface area contributed by atoms with Crippen LogP contribution in [0.1, 0.15) is 43.0 Å². The smallest absolute Gasteiger partial charge is 0.335 e. The number of nitrogens with zero attached hydrogens (tertiary/aromatic N) is 1. The molecule has 1 unspecified atom stereocenters. The number of benzene rings is 1. The van der Waals surface area contributed by atoms with Crippen molar-refractivity contribution in [2.24, 2.45) is 0 Å². The van der Waals surface area contributed by atoms with Gasteiger partial charge in [0.2, 0.25) is 10.0 Å². The summed E-state index contributed by atoms with van der Waals surface area (Å²) >= 11 is 0. The zero-order valence-corrected chi connectivity index (χ0v) is 12.3. The summed E-state index contributed by atoms with van der Waals surface area (Å²) in [6.07, 6.45) is 3.54. The number of carbonyl (C=O) groups is 1. The van der Waals surface area contributed by atoms with Gasteiger partial charge in [0.1, 0.15) is 0 Å². The molecule has 5 nitrogen and oxygen atoms in total. The molecule has 1 heterocycles. The second-order valence-corrected chi connectivity index (χ2v) is 6.90. The van der Waals surface area contributed by atoms with E-state index in [9.17, 15) is 13.2 Å². The highest BCUT2D eigenvalue weighted by atomic mass is 32.2. The number of carboxylic acids is 1. The molecule has 2 rings (SSSR count). The number of sulfonamides is 1. The first-order valence-electron chi connectivity index (χ1n) is 6.82. The predicted molar refractivity (Wildman–Crippen MR) is 75.2 cm³/mol. The van der Waals surface area contributed by atoms with Crippen LogP contribution < -0.4 is 0 Å². The Labute approximate surface area is 119 Å². The molecule has 1 N–H and O–H groups in total. The summed E-state index contributed by atoms with van der Waals surface area (Å²) in [5.41, 5.74) is -0.00358. The average molecular weight is 297 g/mol. The van der Waals surface area contributed by atoms with E-state index in [1.807, 2.05) is 6.92 Å². The highest BCUT2D eigenvalue weighted by Crippen LogP contribution is 2.27. The van der Waals surface area contributed by atoms with Gasteiger partial charge < -0.3 is 5.11 Å². The van der Waals surface area contributed by atoms with Crippen molar-refractivity contribution in [2.75, 3.05) is 6.54 Å². The van der Waals surface area contributed by atoms with Crippen LogP contribution in [-0.4, -0.2) is 36.4 Å². The fourth-order valence-corrected chi connectivity index (χ4v) is 4.44. The molecule has 0 saturated carbocycles. The monoisotopic (exact) mass is 297 g/mol. The average Bonchev–Trinajstić information content (AvgIpc) is 2.47. The lowest BCUT2D eigenvalue weighted by atomic mass is 10.0. The lowest BCUT2D eigenvalue weighted by Gasteiger charge is -2.34. The van der Waals surface area contributed by atoms with Gasteiger partial charge >= 0.3 is 5.97 Å². The lowest BCUT2D eigenvalue weighted by molar-refractivity contribution is 0.0696. The topological polar surface area (TPSA) is 74.7 Å². The normalized spacial score (nSPS) is 20.8. The molecule has 0 amide bonds. The zero-order valence-electron chi connectivity index (χ0n) is 11.4. The predicted octanol–water partition coefficient (Wildman–Crippen LogP) is 2.34. The van der Waals surface area contributed by atoms with Gasteiger partial charge in [0, 0.05) is 12.6 Å². The molecule has 0 bridgehead atoms. The Balaban J connectivity index is 2.38. The molecular formula is C14H19NO4S. The van der Waals surface area contributed by atoms with Crippen LogP contribution >= 0.6 is 0 Å². The van der Waals surface area contributed by atoms with E-state index in [0.717, 1.165) is 25.7 Å².